The van der Waals surface area contributed by atoms with Crippen LogP contribution < -0.4 is 4.74 Å². The number of carbonyl (C=O) groups excluding carboxylic acids is 1. The van der Waals surface area contributed by atoms with Crippen LogP contribution in [-0.4, -0.2) is 51.9 Å². The van der Waals surface area contributed by atoms with Crippen molar-refractivity contribution >= 4 is 5.91 Å². The Morgan fingerprint density at radius 3 is 2.71 bits per heavy atom. The van der Waals surface area contributed by atoms with Crippen molar-refractivity contribution < 1.29 is 14.3 Å². The molecule has 1 aliphatic rings. The highest BCUT2D eigenvalue weighted by Gasteiger charge is 2.16. The predicted octanol–water partition coefficient (Wildman–Crippen LogP) is 3.88. The van der Waals surface area contributed by atoms with Gasteiger partial charge in [-0.05, 0) is 48.6 Å². The Kier molecular flexibility index (Phi) is 7.95. The monoisotopic (exact) mass is 462 g/mol. The molecule has 0 fully saturated rings. The maximum atomic E-state index is 13.1. The summed E-state index contributed by atoms with van der Waals surface area (Å²) in [4.78, 5) is 19.4. The molecule has 180 valence electrons. The lowest BCUT2D eigenvalue weighted by atomic mass is 9.99. The van der Waals surface area contributed by atoms with E-state index in [4.69, 9.17) is 9.47 Å². The van der Waals surface area contributed by atoms with E-state index < -0.39 is 0 Å². The summed E-state index contributed by atoms with van der Waals surface area (Å²) in [6.45, 7) is 9.00. The van der Waals surface area contributed by atoms with Crippen molar-refractivity contribution in [3.8, 4) is 5.75 Å². The van der Waals surface area contributed by atoms with E-state index in [9.17, 15) is 4.79 Å². The number of nitrogens with zero attached hydrogens (tertiary/aromatic N) is 4. The Morgan fingerprint density at radius 2 is 1.91 bits per heavy atom. The summed E-state index contributed by atoms with van der Waals surface area (Å²) in [6, 6.07) is 14.9. The summed E-state index contributed by atoms with van der Waals surface area (Å²) in [5, 5.41) is 4.38. The zero-order valence-corrected chi connectivity index (χ0v) is 20.4. The summed E-state index contributed by atoms with van der Waals surface area (Å²) in [5.74, 6) is 2.55. The summed E-state index contributed by atoms with van der Waals surface area (Å²) in [6.07, 6.45) is 2.15. The molecule has 2 bridgehead atoms. The van der Waals surface area contributed by atoms with Crippen LogP contribution in [0.2, 0.25) is 0 Å². The van der Waals surface area contributed by atoms with E-state index in [-0.39, 0.29) is 5.91 Å². The summed E-state index contributed by atoms with van der Waals surface area (Å²) < 4.78 is 13.7. The third kappa shape index (κ3) is 6.23. The average Bonchev–Trinajstić information content (AvgIpc) is 3.16. The molecule has 7 heteroatoms. The fourth-order valence-corrected chi connectivity index (χ4v) is 4.32. The van der Waals surface area contributed by atoms with Crippen molar-refractivity contribution in [2.45, 2.75) is 53.1 Å². The molecule has 2 aromatic carbocycles. The van der Waals surface area contributed by atoms with E-state index in [0.29, 0.717) is 45.9 Å². The highest BCUT2D eigenvalue weighted by molar-refractivity contribution is 5.76. The highest BCUT2D eigenvalue weighted by Crippen LogP contribution is 2.25. The van der Waals surface area contributed by atoms with Crippen LogP contribution in [0.3, 0.4) is 0 Å². The maximum absolute atomic E-state index is 13.1. The molecule has 2 heterocycles. The molecular formula is C27H34N4O3. The van der Waals surface area contributed by atoms with Gasteiger partial charge in [0.25, 0.3) is 0 Å². The van der Waals surface area contributed by atoms with Gasteiger partial charge in [-0.1, -0.05) is 43.3 Å². The molecule has 0 radical (unpaired) electrons. The third-order valence-corrected chi connectivity index (χ3v) is 6.14. The van der Waals surface area contributed by atoms with E-state index in [2.05, 4.69) is 59.5 Å². The van der Waals surface area contributed by atoms with Crippen LogP contribution in [0.15, 0.2) is 42.5 Å². The van der Waals surface area contributed by atoms with Crippen molar-refractivity contribution in [3.63, 3.8) is 0 Å². The Hall–Kier alpha value is -3.19. The van der Waals surface area contributed by atoms with E-state index >= 15 is 0 Å². The largest absolute Gasteiger partial charge is 0.491 e. The molecule has 0 spiro atoms. The fraction of sp³-hybridized carbons (Fsp3) is 0.444. The van der Waals surface area contributed by atoms with Crippen molar-refractivity contribution in [3.05, 3.63) is 76.4 Å². The first-order valence-electron chi connectivity index (χ1n) is 12.1. The fourth-order valence-electron chi connectivity index (χ4n) is 4.32. The molecule has 1 aliphatic heterocycles. The second-order valence-corrected chi connectivity index (χ2v) is 8.75. The molecule has 34 heavy (non-hydrogen) atoms. The van der Waals surface area contributed by atoms with Crippen molar-refractivity contribution in [1.82, 2.24) is 19.7 Å². The Bertz CT molecular complexity index is 1120. The van der Waals surface area contributed by atoms with Gasteiger partial charge >= 0.3 is 0 Å². The lowest BCUT2D eigenvalue weighted by Gasteiger charge is -2.24. The van der Waals surface area contributed by atoms with E-state index in [1.165, 1.54) is 16.7 Å². The van der Waals surface area contributed by atoms with Gasteiger partial charge in [0.2, 0.25) is 5.91 Å². The number of aromatic nitrogens is 3. The van der Waals surface area contributed by atoms with Crippen LogP contribution in [0, 0.1) is 13.8 Å². The molecule has 7 nitrogen and oxygen atoms in total. The second-order valence-electron chi connectivity index (χ2n) is 8.75. The number of fused-ring (bicyclic) bond motifs is 3. The molecule has 0 saturated heterocycles. The predicted molar refractivity (Wildman–Crippen MR) is 131 cm³/mol. The minimum absolute atomic E-state index is 0.0860. The molecule has 0 atom stereocenters. The van der Waals surface area contributed by atoms with Crippen molar-refractivity contribution in [1.29, 1.82) is 0 Å². The molecule has 1 aromatic heterocycles. The quantitative estimate of drug-likeness (QED) is 0.589. The number of hydrogen-bond donors (Lipinski definition) is 0. The number of hydrogen-bond acceptors (Lipinski definition) is 5. The zero-order valence-electron chi connectivity index (χ0n) is 20.4. The molecule has 4 rings (SSSR count). The first kappa shape index (κ1) is 24.0. The average molecular weight is 463 g/mol. The smallest absolute Gasteiger partial charge is 0.224 e. The normalized spacial score (nSPS) is 14.7. The Balaban J connectivity index is 1.52. The number of rotatable bonds is 4. The van der Waals surface area contributed by atoms with Gasteiger partial charge < -0.3 is 14.4 Å². The van der Waals surface area contributed by atoms with E-state index in [0.717, 1.165) is 35.8 Å². The number of carbonyl (C=O) groups is 1. The van der Waals surface area contributed by atoms with E-state index in [1.54, 1.807) is 4.68 Å². The number of amides is 1. The van der Waals surface area contributed by atoms with Crippen LogP contribution in [0.4, 0.5) is 0 Å². The van der Waals surface area contributed by atoms with Crippen LogP contribution in [-0.2, 0) is 35.5 Å². The first-order valence-corrected chi connectivity index (χ1v) is 12.1. The van der Waals surface area contributed by atoms with Crippen molar-refractivity contribution in [2.75, 3.05) is 26.4 Å². The van der Waals surface area contributed by atoms with Crippen LogP contribution >= 0.6 is 0 Å². The van der Waals surface area contributed by atoms with Gasteiger partial charge in [-0.2, -0.15) is 5.10 Å². The van der Waals surface area contributed by atoms with Crippen LogP contribution in [0.1, 0.15) is 47.2 Å². The summed E-state index contributed by atoms with van der Waals surface area (Å²) in [5.41, 5.74) is 4.81. The first-order chi connectivity index (χ1) is 16.5. The molecule has 1 amide bonds. The second kappa shape index (κ2) is 11.3. The maximum Gasteiger partial charge on any atom is 0.224 e. The zero-order chi connectivity index (χ0) is 23.9. The number of benzene rings is 2. The lowest BCUT2D eigenvalue weighted by Crippen LogP contribution is -2.34. The van der Waals surface area contributed by atoms with Gasteiger partial charge in [-0.15, -0.1) is 0 Å². The van der Waals surface area contributed by atoms with Gasteiger partial charge in [0, 0.05) is 25.9 Å². The van der Waals surface area contributed by atoms with Gasteiger partial charge in [0.15, 0.2) is 0 Å². The van der Waals surface area contributed by atoms with Gasteiger partial charge in [-0.3, -0.25) is 4.79 Å². The Morgan fingerprint density at radius 1 is 1.06 bits per heavy atom. The Labute approximate surface area is 201 Å². The number of ether oxygens (including phenoxy) is 2. The van der Waals surface area contributed by atoms with Crippen molar-refractivity contribution in [2.24, 2.45) is 0 Å². The van der Waals surface area contributed by atoms with Gasteiger partial charge in [0.1, 0.15) is 24.0 Å². The summed E-state index contributed by atoms with van der Waals surface area (Å²) in [7, 11) is 0. The lowest BCUT2D eigenvalue weighted by molar-refractivity contribution is -0.133. The molecule has 0 saturated carbocycles. The number of aryl methyl sites for hydroxylation is 4. The minimum atomic E-state index is 0.0860. The molecule has 0 N–H and O–H groups in total. The SMILES string of the molecule is CCc1ccc2c(c1)Cc1cccc(c1)CN(C(=O)CCn1nc(C)nc1C)CCOCCO2. The molecule has 3 aromatic rings. The molecule has 0 unspecified atom stereocenters. The van der Waals surface area contributed by atoms with Crippen LogP contribution in [0.25, 0.3) is 0 Å². The highest BCUT2D eigenvalue weighted by atomic mass is 16.5. The topological polar surface area (TPSA) is 69.5 Å². The molecular weight excluding hydrogens is 428 g/mol. The van der Waals surface area contributed by atoms with Gasteiger partial charge in [-0.25, -0.2) is 9.67 Å². The minimum Gasteiger partial charge on any atom is -0.491 e. The standard InChI is InChI=1S/C27H34N4O3/c1-4-22-8-9-26-25(17-22)18-23-6-5-7-24(16-23)19-30(12-13-33-14-15-34-26)27(32)10-11-31-21(3)28-20(2)29-31/h5-9,16-17H,4,10-15,18-19H2,1-3H3. The third-order valence-electron chi connectivity index (χ3n) is 6.14. The molecule has 0 aliphatic carbocycles. The van der Waals surface area contributed by atoms with E-state index in [1.807, 2.05) is 18.7 Å². The van der Waals surface area contributed by atoms with Crippen LogP contribution in [0.5, 0.6) is 5.75 Å². The summed E-state index contributed by atoms with van der Waals surface area (Å²) >= 11 is 0. The van der Waals surface area contributed by atoms with Gasteiger partial charge in [0.05, 0.1) is 19.8 Å².